The number of hydrogen-bond donors (Lipinski definition) is 1. The fourth-order valence-electron chi connectivity index (χ4n) is 1.93. The quantitative estimate of drug-likeness (QED) is 0.896. The van der Waals surface area contributed by atoms with Gasteiger partial charge in [0.15, 0.2) is 0 Å². The summed E-state index contributed by atoms with van der Waals surface area (Å²) in [6.07, 6.45) is 2.85. The van der Waals surface area contributed by atoms with Gasteiger partial charge in [-0.3, -0.25) is 4.79 Å². The zero-order valence-corrected chi connectivity index (χ0v) is 10.1. The molecule has 1 unspecified atom stereocenters. The maximum absolute atomic E-state index is 11.0. The molecule has 1 aromatic carbocycles. The first-order valence-electron chi connectivity index (χ1n) is 5.25. The summed E-state index contributed by atoms with van der Waals surface area (Å²) in [5.74, 6) is 0.728. The fourth-order valence-corrected chi connectivity index (χ4v) is 2.38. The predicted octanol–water partition coefficient (Wildman–Crippen LogP) is 2.52. The van der Waals surface area contributed by atoms with Gasteiger partial charge in [-0.05, 0) is 36.5 Å². The summed E-state index contributed by atoms with van der Waals surface area (Å²) in [4.78, 5) is 11.0. The number of amides is 1. The van der Waals surface area contributed by atoms with Crippen molar-refractivity contribution in [2.45, 2.75) is 19.3 Å². The van der Waals surface area contributed by atoms with Crippen molar-refractivity contribution < 1.29 is 4.79 Å². The van der Waals surface area contributed by atoms with Gasteiger partial charge in [0, 0.05) is 17.4 Å². The minimum absolute atomic E-state index is 0.203. The van der Waals surface area contributed by atoms with Crippen LogP contribution in [0, 0.1) is 5.92 Å². The van der Waals surface area contributed by atoms with Gasteiger partial charge in [-0.25, -0.2) is 0 Å². The van der Waals surface area contributed by atoms with Crippen molar-refractivity contribution in [1.82, 2.24) is 5.32 Å². The zero-order chi connectivity index (χ0) is 10.7. The first-order chi connectivity index (χ1) is 7.24. The highest BCUT2D eigenvalue weighted by atomic mass is 79.9. The number of carbonyl (C=O) groups is 1. The Kier molecular flexibility index (Phi) is 3.41. The fraction of sp³-hybridized carbons (Fsp3) is 0.417. The Morgan fingerprint density at radius 2 is 2.33 bits per heavy atom. The largest absolute Gasteiger partial charge is 0.356 e. The summed E-state index contributed by atoms with van der Waals surface area (Å²) in [6.45, 7) is 0.854. The maximum Gasteiger partial charge on any atom is 0.220 e. The molecular weight excluding hydrogens is 254 g/mol. The third kappa shape index (κ3) is 3.06. The number of hydrogen-bond acceptors (Lipinski definition) is 1. The lowest BCUT2D eigenvalue weighted by Crippen LogP contribution is -2.14. The molecule has 1 fully saturated rings. The maximum atomic E-state index is 11.0. The van der Waals surface area contributed by atoms with Gasteiger partial charge in [-0.1, -0.05) is 28.1 Å². The molecule has 1 N–H and O–H groups in total. The molecule has 1 heterocycles. The lowest BCUT2D eigenvalue weighted by molar-refractivity contribution is -0.119. The van der Waals surface area contributed by atoms with Gasteiger partial charge >= 0.3 is 0 Å². The summed E-state index contributed by atoms with van der Waals surface area (Å²) >= 11 is 3.46. The van der Waals surface area contributed by atoms with Gasteiger partial charge in [-0.2, -0.15) is 0 Å². The number of rotatable bonds is 3. The molecule has 1 atom stereocenters. The van der Waals surface area contributed by atoms with Crippen LogP contribution in [0.25, 0.3) is 0 Å². The van der Waals surface area contributed by atoms with Gasteiger partial charge in [0.05, 0.1) is 0 Å². The molecule has 2 rings (SSSR count). The highest BCUT2D eigenvalue weighted by Crippen LogP contribution is 2.18. The Hall–Kier alpha value is -0.830. The molecule has 15 heavy (non-hydrogen) atoms. The summed E-state index contributed by atoms with van der Waals surface area (Å²) in [5.41, 5.74) is 1.34. The van der Waals surface area contributed by atoms with Crippen LogP contribution >= 0.6 is 15.9 Å². The van der Waals surface area contributed by atoms with Gasteiger partial charge in [0.25, 0.3) is 0 Å². The smallest absolute Gasteiger partial charge is 0.220 e. The molecule has 0 aliphatic carbocycles. The van der Waals surface area contributed by atoms with E-state index in [-0.39, 0.29) is 5.91 Å². The Bertz CT molecular complexity index is 364. The standard InChI is InChI=1S/C12H14BrNO/c13-11-3-1-2-9(6-11)4-5-10-7-12(15)14-8-10/h1-3,6,10H,4-5,7-8H2,(H,14,15). The second-order valence-electron chi connectivity index (χ2n) is 4.04. The first-order valence-corrected chi connectivity index (χ1v) is 6.04. The van der Waals surface area contributed by atoms with Crippen molar-refractivity contribution in [1.29, 1.82) is 0 Å². The Labute approximate surface area is 98.2 Å². The third-order valence-electron chi connectivity index (χ3n) is 2.79. The van der Waals surface area contributed by atoms with Crippen molar-refractivity contribution in [2.75, 3.05) is 6.54 Å². The number of aryl methyl sites for hydroxylation is 1. The van der Waals surface area contributed by atoms with E-state index in [1.807, 2.05) is 6.07 Å². The molecule has 1 saturated heterocycles. The van der Waals surface area contributed by atoms with Gasteiger partial charge < -0.3 is 5.32 Å². The zero-order valence-electron chi connectivity index (χ0n) is 8.50. The number of nitrogens with one attached hydrogen (secondary N) is 1. The molecule has 0 spiro atoms. The van der Waals surface area contributed by atoms with E-state index < -0.39 is 0 Å². The van der Waals surface area contributed by atoms with Crippen LogP contribution < -0.4 is 5.32 Å². The highest BCUT2D eigenvalue weighted by Gasteiger charge is 2.20. The van der Waals surface area contributed by atoms with Crippen LogP contribution in [0.2, 0.25) is 0 Å². The number of halogens is 1. The van der Waals surface area contributed by atoms with E-state index in [4.69, 9.17) is 0 Å². The molecule has 80 valence electrons. The van der Waals surface area contributed by atoms with Crippen molar-refractivity contribution in [3.05, 3.63) is 34.3 Å². The molecule has 0 saturated carbocycles. The van der Waals surface area contributed by atoms with Crippen molar-refractivity contribution in [3.8, 4) is 0 Å². The minimum Gasteiger partial charge on any atom is -0.356 e. The van der Waals surface area contributed by atoms with Crippen LogP contribution in [0.3, 0.4) is 0 Å². The summed E-state index contributed by atoms with van der Waals surface area (Å²) in [7, 11) is 0. The SMILES string of the molecule is O=C1CC(CCc2cccc(Br)c2)CN1. The molecular formula is C12H14BrNO. The molecule has 1 aliphatic rings. The molecule has 1 aliphatic heterocycles. The Morgan fingerprint density at radius 3 is 3.00 bits per heavy atom. The highest BCUT2D eigenvalue weighted by molar-refractivity contribution is 9.10. The van der Waals surface area contributed by atoms with Crippen LogP contribution in [-0.4, -0.2) is 12.5 Å². The average Bonchev–Trinajstić information content (AvgIpc) is 2.62. The lowest BCUT2D eigenvalue weighted by Gasteiger charge is -2.06. The van der Waals surface area contributed by atoms with E-state index in [1.54, 1.807) is 0 Å². The Balaban J connectivity index is 1.85. The van der Waals surface area contributed by atoms with E-state index in [1.165, 1.54) is 5.56 Å². The monoisotopic (exact) mass is 267 g/mol. The molecule has 1 amide bonds. The van der Waals surface area contributed by atoms with E-state index in [0.29, 0.717) is 12.3 Å². The summed E-state index contributed by atoms with van der Waals surface area (Å²) < 4.78 is 1.13. The van der Waals surface area contributed by atoms with Crippen molar-refractivity contribution in [3.63, 3.8) is 0 Å². The van der Waals surface area contributed by atoms with E-state index in [0.717, 1.165) is 23.9 Å². The molecule has 3 heteroatoms. The van der Waals surface area contributed by atoms with E-state index in [9.17, 15) is 4.79 Å². The Morgan fingerprint density at radius 1 is 1.47 bits per heavy atom. The van der Waals surface area contributed by atoms with Crippen molar-refractivity contribution >= 4 is 21.8 Å². The van der Waals surface area contributed by atoms with Crippen LogP contribution in [0.5, 0.6) is 0 Å². The second-order valence-corrected chi connectivity index (χ2v) is 4.96. The number of benzene rings is 1. The minimum atomic E-state index is 0.203. The second kappa shape index (κ2) is 4.79. The van der Waals surface area contributed by atoms with Crippen molar-refractivity contribution in [2.24, 2.45) is 5.92 Å². The lowest BCUT2D eigenvalue weighted by atomic mass is 9.99. The average molecular weight is 268 g/mol. The van der Waals surface area contributed by atoms with E-state index >= 15 is 0 Å². The molecule has 0 radical (unpaired) electrons. The van der Waals surface area contributed by atoms with Crippen LogP contribution in [0.1, 0.15) is 18.4 Å². The molecule has 0 bridgehead atoms. The van der Waals surface area contributed by atoms with Gasteiger partial charge in [0.2, 0.25) is 5.91 Å². The van der Waals surface area contributed by atoms with Crippen LogP contribution in [0.15, 0.2) is 28.7 Å². The topological polar surface area (TPSA) is 29.1 Å². The molecule has 1 aromatic rings. The summed E-state index contributed by atoms with van der Waals surface area (Å²) in [6, 6.07) is 8.36. The van der Waals surface area contributed by atoms with E-state index in [2.05, 4.69) is 39.4 Å². The van der Waals surface area contributed by atoms with Crippen LogP contribution in [-0.2, 0) is 11.2 Å². The number of carbonyl (C=O) groups excluding carboxylic acids is 1. The third-order valence-corrected chi connectivity index (χ3v) is 3.29. The first kappa shape index (κ1) is 10.7. The predicted molar refractivity (Wildman–Crippen MR) is 63.6 cm³/mol. The van der Waals surface area contributed by atoms with Gasteiger partial charge in [0.1, 0.15) is 0 Å². The molecule has 0 aromatic heterocycles. The summed E-state index contributed by atoms with van der Waals surface area (Å²) in [5, 5.41) is 2.87. The van der Waals surface area contributed by atoms with Gasteiger partial charge in [-0.15, -0.1) is 0 Å². The normalized spacial score (nSPS) is 20.3. The molecule has 2 nitrogen and oxygen atoms in total. The van der Waals surface area contributed by atoms with Crippen LogP contribution in [0.4, 0.5) is 0 Å².